The molecule has 2 saturated heterocycles. The zero-order chi connectivity index (χ0) is 28.3. The number of hydrogen-bond acceptors (Lipinski definition) is 7. The number of hydrogen-bond donors (Lipinski definition) is 1. The summed E-state index contributed by atoms with van der Waals surface area (Å²) < 4.78 is 11.5. The fraction of sp³-hybridized carbons (Fsp3) is 0.355. The normalized spacial score (nSPS) is 22.9. The first-order chi connectivity index (χ1) is 20.0. The van der Waals surface area contributed by atoms with Crippen LogP contribution in [0.5, 0.6) is 11.6 Å². The summed E-state index contributed by atoms with van der Waals surface area (Å²) in [6.45, 7) is 2.29. The standard InChI is InChI=1S/C31H33N5O5/c1-40-25-10-5-7-21(15-25)17-35-18-23-16-27(35)31(39)36-14-13-34(30(38)22-8-3-2-4-9-22)19-24(36)20-41-29-26(28(37)33-23)11-6-12-32-29/h2-12,15,23-24,27H,13-14,16-20H2,1H3,(H,33,37)/t23-,24-,27-/m0/s1. The van der Waals surface area contributed by atoms with Crippen molar-refractivity contribution in [1.82, 2.24) is 25.0 Å². The van der Waals surface area contributed by atoms with Gasteiger partial charge in [-0.2, -0.15) is 0 Å². The molecule has 0 unspecified atom stereocenters. The number of pyridine rings is 1. The largest absolute Gasteiger partial charge is 0.497 e. The molecule has 10 heteroatoms. The van der Waals surface area contributed by atoms with E-state index < -0.39 is 12.1 Å². The molecule has 10 nitrogen and oxygen atoms in total. The maximum Gasteiger partial charge on any atom is 0.257 e. The van der Waals surface area contributed by atoms with E-state index in [0.29, 0.717) is 50.3 Å². The summed E-state index contributed by atoms with van der Waals surface area (Å²) in [5.41, 5.74) is 1.97. The molecule has 2 aromatic carbocycles. The Balaban J connectivity index is 1.31. The molecule has 4 heterocycles. The molecular weight excluding hydrogens is 522 g/mol. The van der Waals surface area contributed by atoms with Crippen molar-refractivity contribution >= 4 is 17.7 Å². The average Bonchev–Trinajstić information content (AvgIpc) is 3.41. The Kier molecular flexibility index (Phi) is 7.56. The van der Waals surface area contributed by atoms with E-state index in [1.54, 1.807) is 42.5 Å². The van der Waals surface area contributed by atoms with Gasteiger partial charge in [0.25, 0.3) is 11.8 Å². The van der Waals surface area contributed by atoms with Gasteiger partial charge in [0, 0.05) is 50.5 Å². The van der Waals surface area contributed by atoms with Gasteiger partial charge in [-0.1, -0.05) is 30.3 Å². The molecule has 3 atom stereocenters. The molecule has 2 fully saturated rings. The van der Waals surface area contributed by atoms with Crippen LogP contribution in [0.2, 0.25) is 0 Å². The van der Waals surface area contributed by atoms with Crippen molar-refractivity contribution in [2.24, 2.45) is 0 Å². The van der Waals surface area contributed by atoms with Gasteiger partial charge in [-0.3, -0.25) is 19.3 Å². The number of benzene rings is 2. The Bertz CT molecular complexity index is 1430. The Labute approximate surface area is 238 Å². The first-order valence-corrected chi connectivity index (χ1v) is 13.9. The van der Waals surface area contributed by atoms with Crippen LogP contribution in [0, 0.1) is 0 Å². The van der Waals surface area contributed by atoms with Gasteiger partial charge < -0.3 is 24.6 Å². The lowest BCUT2D eigenvalue weighted by Crippen LogP contribution is -2.61. The number of ether oxygens (including phenoxy) is 2. The molecule has 3 aromatic rings. The molecule has 0 spiro atoms. The van der Waals surface area contributed by atoms with Crippen LogP contribution in [0.1, 0.15) is 32.7 Å². The van der Waals surface area contributed by atoms with E-state index in [1.807, 2.05) is 47.4 Å². The first-order valence-electron chi connectivity index (χ1n) is 13.9. The number of methoxy groups -OCH3 is 1. The van der Waals surface area contributed by atoms with Gasteiger partial charge in [0.05, 0.1) is 19.2 Å². The predicted octanol–water partition coefficient (Wildman–Crippen LogP) is 2.21. The number of aromatic nitrogens is 1. The van der Waals surface area contributed by atoms with Crippen molar-refractivity contribution in [2.45, 2.75) is 31.1 Å². The second-order valence-corrected chi connectivity index (χ2v) is 10.7. The van der Waals surface area contributed by atoms with E-state index in [9.17, 15) is 14.4 Å². The van der Waals surface area contributed by atoms with Crippen molar-refractivity contribution in [3.8, 4) is 11.6 Å². The highest BCUT2D eigenvalue weighted by molar-refractivity contribution is 5.97. The maximum atomic E-state index is 14.2. The van der Waals surface area contributed by atoms with Crippen molar-refractivity contribution < 1.29 is 23.9 Å². The fourth-order valence-corrected chi connectivity index (χ4v) is 5.99. The summed E-state index contributed by atoms with van der Waals surface area (Å²) in [5, 5.41) is 3.10. The van der Waals surface area contributed by atoms with Crippen LogP contribution in [0.15, 0.2) is 72.9 Å². The Hall–Kier alpha value is -4.44. The lowest BCUT2D eigenvalue weighted by molar-refractivity contribution is -0.141. The molecule has 2 bridgehead atoms. The number of rotatable bonds is 4. The monoisotopic (exact) mass is 555 g/mol. The van der Waals surface area contributed by atoms with E-state index in [1.165, 1.54) is 0 Å². The van der Waals surface area contributed by atoms with E-state index in [2.05, 4.69) is 15.2 Å². The van der Waals surface area contributed by atoms with Crippen LogP contribution in [-0.4, -0.2) is 95.4 Å². The summed E-state index contributed by atoms with van der Waals surface area (Å²) in [6.07, 6.45) is 2.06. The lowest BCUT2D eigenvalue weighted by atomic mass is 10.1. The number of nitrogens with one attached hydrogen (secondary N) is 1. The second kappa shape index (κ2) is 11.6. The Morgan fingerprint density at radius 2 is 1.90 bits per heavy atom. The number of piperazine rings is 1. The number of carbonyl (C=O) groups is 3. The number of nitrogens with zero attached hydrogens (tertiary/aromatic N) is 4. The highest BCUT2D eigenvalue weighted by atomic mass is 16.5. The minimum atomic E-state index is -0.432. The number of amides is 3. The first kappa shape index (κ1) is 26.8. The van der Waals surface area contributed by atoms with Gasteiger partial charge in [-0.15, -0.1) is 0 Å². The summed E-state index contributed by atoms with van der Waals surface area (Å²) in [6, 6.07) is 19.3. The van der Waals surface area contributed by atoms with Gasteiger partial charge in [-0.05, 0) is 48.4 Å². The van der Waals surface area contributed by atoms with E-state index in [-0.39, 0.29) is 36.3 Å². The second-order valence-electron chi connectivity index (χ2n) is 10.7. The van der Waals surface area contributed by atoms with E-state index in [0.717, 1.165) is 11.3 Å². The molecule has 1 aromatic heterocycles. The summed E-state index contributed by atoms with van der Waals surface area (Å²) in [5.74, 6) is 0.580. The van der Waals surface area contributed by atoms with Crippen LogP contribution in [0.4, 0.5) is 0 Å². The zero-order valence-corrected chi connectivity index (χ0v) is 22.9. The Morgan fingerprint density at radius 1 is 1.05 bits per heavy atom. The third kappa shape index (κ3) is 5.60. The van der Waals surface area contributed by atoms with Crippen LogP contribution in [-0.2, 0) is 11.3 Å². The van der Waals surface area contributed by atoms with Gasteiger partial charge >= 0.3 is 0 Å². The molecule has 3 aliphatic heterocycles. The molecule has 212 valence electrons. The highest BCUT2D eigenvalue weighted by Gasteiger charge is 2.43. The van der Waals surface area contributed by atoms with Crippen LogP contribution < -0.4 is 14.8 Å². The smallest absolute Gasteiger partial charge is 0.257 e. The third-order valence-electron chi connectivity index (χ3n) is 8.05. The number of carbonyl (C=O) groups excluding carboxylic acids is 3. The summed E-state index contributed by atoms with van der Waals surface area (Å²) >= 11 is 0. The van der Waals surface area contributed by atoms with Crippen LogP contribution in [0.3, 0.4) is 0 Å². The van der Waals surface area contributed by atoms with Gasteiger partial charge in [0.2, 0.25) is 11.8 Å². The molecule has 1 N–H and O–H groups in total. The average molecular weight is 556 g/mol. The van der Waals surface area contributed by atoms with Crippen LogP contribution in [0.25, 0.3) is 0 Å². The molecule has 0 radical (unpaired) electrons. The molecule has 3 amide bonds. The van der Waals surface area contributed by atoms with Crippen molar-refractivity contribution in [3.05, 3.63) is 89.6 Å². The minimum absolute atomic E-state index is 0.0214. The summed E-state index contributed by atoms with van der Waals surface area (Å²) in [4.78, 5) is 50.9. The van der Waals surface area contributed by atoms with E-state index >= 15 is 0 Å². The predicted molar refractivity (Wildman–Crippen MR) is 151 cm³/mol. The molecule has 6 rings (SSSR count). The molecule has 41 heavy (non-hydrogen) atoms. The van der Waals surface area contributed by atoms with E-state index in [4.69, 9.17) is 9.47 Å². The quantitative estimate of drug-likeness (QED) is 0.527. The minimum Gasteiger partial charge on any atom is -0.497 e. The summed E-state index contributed by atoms with van der Waals surface area (Å²) in [7, 11) is 1.63. The van der Waals surface area contributed by atoms with Crippen LogP contribution >= 0.6 is 0 Å². The maximum absolute atomic E-state index is 14.2. The van der Waals surface area contributed by atoms with Gasteiger partial charge in [0.1, 0.15) is 17.9 Å². The lowest BCUT2D eigenvalue weighted by Gasteiger charge is -2.43. The zero-order valence-electron chi connectivity index (χ0n) is 22.9. The van der Waals surface area contributed by atoms with Crippen molar-refractivity contribution in [1.29, 1.82) is 0 Å². The van der Waals surface area contributed by atoms with Gasteiger partial charge in [0.15, 0.2) is 0 Å². The molecule has 0 aliphatic carbocycles. The SMILES string of the molecule is COc1cccc(CN2C[C@@H]3C[C@H]2C(=O)N2CCN(C(=O)c4ccccc4)C[C@H]2COc2ncccc2C(=O)N3)c1. The van der Waals surface area contributed by atoms with Crippen molar-refractivity contribution in [2.75, 3.05) is 39.9 Å². The molecular formula is C31H33N5O5. The fourth-order valence-electron chi connectivity index (χ4n) is 5.99. The highest BCUT2D eigenvalue weighted by Crippen LogP contribution is 2.28. The molecule has 3 aliphatic rings. The number of likely N-dealkylation sites (tertiary alicyclic amines) is 1. The topological polar surface area (TPSA) is 104 Å². The van der Waals surface area contributed by atoms with Crippen molar-refractivity contribution in [3.63, 3.8) is 0 Å². The third-order valence-corrected chi connectivity index (χ3v) is 8.05. The van der Waals surface area contributed by atoms with Gasteiger partial charge in [-0.25, -0.2) is 4.98 Å². The number of fused-ring (bicyclic) bond motifs is 4. The Morgan fingerprint density at radius 3 is 2.73 bits per heavy atom. The molecule has 0 saturated carbocycles.